The topological polar surface area (TPSA) is 58.7 Å². The summed E-state index contributed by atoms with van der Waals surface area (Å²) >= 11 is 1.54. The molecule has 1 aromatic rings. The molecule has 0 atom stereocenters. The fraction of sp³-hybridized carbons (Fsp3) is 0.529. The summed E-state index contributed by atoms with van der Waals surface area (Å²) in [5, 5.41) is 0.630. The van der Waals surface area contributed by atoms with E-state index in [0.717, 1.165) is 49.4 Å². The molecule has 128 valence electrons. The Hall–Kier alpha value is -1.20. The van der Waals surface area contributed by atoms with Gasteiger partial charge in [-0.2, -0.15) is 0 Å². The average Bonchev–Trinajstić information content (AvgIpc) is 3.05. The number of hydrogen-bond donors (Lipinski definition) is 1. The molecule has 0 aliphatic carbocycles. The number of amides is 1. The highest BCUT2D eigenvalue weighted by Gasteiger charge is 2.19. The van der Waals surface area contributed by atoms with Crippen LogP contribution in [0, 0.1) is 5.92 Å². The Balaban J connectivity index is 0.00000264. The SMILES string of the molecule is CC(C)CN=C(N)SCc1ccc(C(=O)N2CCCC2)cc1.Cl. The maximum absolute atomic E-state index is 12.3. The highest BCUT2D eigenvalue weighted by Crippen LogP contribution is 2.16. The van der Waals surface area contributed by atoms with E-state index in [1.165, 1.54) is 0 Å². The minimum absolute atomic E-state index is 0. The van der Waals surface area contributed by atoms with E-state index in [0.29, 0.717) is 11.1 Å². The molecule has 1 saturated heterocycles. The first-order valence-electron chi connectivity index (χ1n) is 7.87. The van der Waals surface area contributed by atoms with Crippen LogP contribution in [-0.4, -0.2) is 35.6 Å². The molecule has 1 aromatic carbocycles. The lowest BCUT2D eigenvalue weighted by molar-refractivity contribution is 0.0793. The normalized spacial score (nSPS) is 14.9. The van der Waals surface area contributed by atoms with Crippen molar-refractivity contribution in [3.8, 4) is 0 Å². The van der Waals surface area contributed by atoms with Gasteiger partial charge in [0.05, 0.1) is 0 Å². The summed E-state index contributed by atoms with van der Waals surface area (Å²) in [6.45, 7) is 6.79. The number of rotatable bonds is 5. The fourth-order valence-electron chi connectivity index (χ4n) is 2.32. The maximum atomic E-state index is 12.3. The van der Waals surface area contributed by atoms with Crippen LogP contribution in [0.3, 0.4) is 0 Å². The first-order chi connectivity index (χ1) is 10.6. The second-order valence-corrected chi connectivity index (χ2v) is 7.05. The van der Waals surface area contributed by atoms with Gasteiger partial charge in [-0.25, -0.2) is 0 Å². The van der Waals surface area contributed by atoms with Crippen molar-refractivity contribution < 1.29 is 4.79 Å². The molecule has 0 bridgehead atoms. The van der Waals surface area contributed by atoms with Crippen molar-refractivity contribution >= 4 is 35.2 Å². The van der Waals surface area contributed by atoms with Crippen LogP contribution in [-0.2, 0) is 5.75 Å². The Morgan fingerprint density at radius 2 is 1.87 bits per heavy atom. The molecule has 23 heavy (non-hydrogen) atoms. The van der Waals surface area contributed by atoms with Crippen LogP contribution < -0.4 is 5.73 Å². The van der Waals surface area contributed by atoms with E-state index in [4.69, 9.17) is 5.73 Å². The minimum atomic E-state index is 0. The van der Waals surface area contributed by atoms with Gasteiger partial charge in [-0.3, -0.25) is 9.79 Å². The van der Waals surface area contributed by atoms with Crippen LogP contribution in [0.2, 0.25) is 0 Å². The van der Waals surface area contributed by atoms with Gasteiger partial charge in [0.25, 0.3) is 5.91 Å². The van der Waals surface area contributed by atoms with E-state index in [9.17, 15) is 4.79 Å². The number of likely N-dealkylation sites (tertiary alicyclic amines) is 1. The predicted octanol–water partition coefficient (Wildman–Crippen LogP) is 3.55. The fourth-order valence-corrected chi connectivity index (χ4v) is 2.99. The molecule has 1 fully saturated rings. The lowest BCUT2D eigenvalue weighted by Gasteiger charge is -2.15. The number of thioether (sulfide) groups is 1. The molecular weight excluding hydrogens is 330 g/mol. The second kappa shape index (κ2) is 9.83. The van der Waals surface area contributed by atoms with E-state index < -0.39 is 0 Å². The summed E-state index contributed by atoms with van der Waals surface area (Å²) in [5.41, 5.74) is 7.82. The third-order valence-corrected chi connectivity index (χ3v) is 4.50. The molecule has 4 nitrogen and oxygen atoms in total. The molecule has 1 amide bonds. The number of halogens is 1. The van der Waals surface area contributed by atoms with Crippen molar-refractivity contribution in [3.63, 3.8) is 0 Å². The van der Waals surface area contributed by atoms with Gasteiger partial charge in [-0.1, -0.05) is 37.7 Å². The van der Waals surface area contributed by atoms with Gasteiger partial charge in [0, 0.05) is 31.0 Å². The van der Waals surface area contributed by atoms with E-state index in [-0.39, 0.29) is 18.3 Å². The third kappa shape index (κ3) is 6.43. The lowest BCUT2D eigenvalue weighted by atomic mass is 10.1. The third-order valence-electron chi connectivity index (χ3n) is 3.59. The molecule has 1 aliphatic heterocycles. The van der Waals surface area contributed by atoms with Gasteiger partial charge >= 0.3 is 0 Å². The number of aliphatic imine (C=N–C) groups is 1. The Labute approximate surface area is 149 Å². The molecule has 6 heteroatoms. The van der Waals surface area contributed by atoms with Crippen molar-refractivity contribution in [3.05, 3.63) is 35.4 Å². The molecule has 0 radical (unpaired) electrons. The van der Waals surface area contributed by atoms with Crippen molar-refractivity contribution in [2.24, 2.45) is 16.6 Å². The summed E-state index contributed by atoms with van der Waals surface area (Å²) in [6.07, 6.45) is 2.24. The largest absolute Gasteiger partial charge is 0.379 e. The molecule has 2 rings (SSSR count). The van der Waals surface area contributed by atoms with Crippen molar-refractivity contribution in [1.29, 1.82) is 0 Å². The highest BCUT2D eigenvalue weighted by molar-refractivity contribution is 8.13. The van der Waals surface area contributed by atoms with Crippen LogP contribution in [0.1, 0.15) is 42.6 Å². The molecule has 0 spiro atoms. The first-order valence-corrected chi connectivity index (χ1v) is 8.85. The Morgan fingerprint density at radius 1 is 1.26 bits per heavy atom. The average molecular weight is 356 g/mol. The van der Waals surface area contributed by atoms with Crippen molar-refractivity contribution in [2.45, 2.75) is 32.4 Å². The smallest absolute Gasteiger partial charge is 0.253 e. The highest BCUT2D eigenvalue weighted by atomic mass is 35.5. The quantitative estimate of drug-likeness (QED) is 0.649. The van der Waals surface area contributed by atoms with Gasteiger partial charge in [-0.15, -0.1) is 12.4 Å². The van der Waals surface area contributed by atoms with E-state index >= 15 is 0 Å². The lowest BCUT2D eigenvalue weighted by Crippen LogP contribution is -2.27. The van der Waals surface area contributed by atoms with Gasteiger partial charge in [-0.05, 0) is 36.5 Å². The summed E-state index contributed by atoms with van der Waals surface area (Å²) in [6, 6.07) is 7.84. The van der Waals surface area contributed by atoms with Crippen LogP contribution in [0.4, 0.5) is 0 Å². The van der Waals surface area contributed by atoms with Gasteiger partial charge in [0.2, 0.25) is 0 Å². The number of carbonyl (C=O) groups is 1. The van der Waals surface area contributed by atoms with Gasteiger partial charge < -0.3 is 10.6 Å². The molecule has 0 unspecified atom stereocenters. The number of carbonyl (C=O) groups excluding carboxylic acids is 1. The zero-order valence-electron chi connectivity index (χ0n) is 13.8. The second-order valence-electron chi connectivity index (χ2n) is 6.06. The molecule has 1 heterocycles. The van der Waals surface area contributed by atoms with Crippen LogP contribution in [0.15, 0.2) is 29.3 Å². The summed E-state index contributed by atoms with van der Waals surface area (Å²) in [7, 11) is 0. The number of nitrogens with zero attached hydrogens (tertiary/aromatic N) is 2. The van der Waals surface area contributed by atoms with Crippen molar-refractivity contribution in [2.75, 3.05) is 19.6 Å². The molecular formula is C17H26ClN3OS. The summed E-state index contributed by atoms with van der Waals surface area (Å²) < 4.78 is 0. The molecule has 0 saturated carbocycles. The Kier molecular flexibility index (Phi) is 8.48. The van der Waals surface area contributed by atoms with Gasteiger partial charge in [0.1, 0.15) is 0 Å². The zero-order chi connectivity index (χ0) is 15.9. The molecule has 2 N–H and O–H groups in total. The minimum Gasteiger partial charge on any atom is -0.379 e. The van der Waals surface area contributed by atoms with E-state index in [2.05, 4.69) is 18.8 Å². The number of benzene rings is 1. The number of amidine groups is 1. The Bertz CT molecular complexity index is 525. The van der Waals surface area contributed by atoms with Gasteiger partial charge in [0.15, 0.2) is 5.17 Å². The summed E-state index contributed by atoms with van der Waals surface area (Å²) in [4.78, 5) is 18.5. The van der Waals surface area contributed by atoms with Crippen molar-refractivity contribution in [1.82, 2.24) is 4.90 Å². The van der Waals surface area contributed by atoms with Crippen LogP contribution >= 0.6 is 24.2 Å². The molecule has 0 aromatic heterocycles. The number of nitrogens with two attached hydrogens (primary N) is 1. The van der Waals surface area contributed by atoms with E-state index in [1.54, 1.807) is 11.8 Å². The molecule has 1 aliphatic rings. The van der Waals surface area contributed by atoms with Crippen LogP contribution in [0.5, 0.6) is 0 Å². The van der Waals surface area contributed by atoms with E-state index in [1.807, 2.05) is 29.2 Å². The standard InChI is InChI=1S/C17H25N3OS.ClH/c1-13(2)11-19-17(18)22-12-14-5-7-15(8-6-14)16(21)20-9-3-4-10-20;/h5-8,13H,3-4,9-12H2,1-2H3,(H2,18,19);1H. The maximum Gasteiger partial charge on any atom is 0.253 e. The monoisotopic (exact) mass is 355 g/mol. The zero-order valence-corrected chi connectivity index (χ0v) is 15.5. The predicted molar refractivity (Wildman–Crippen MR) is 101 cm³/mol. The van der Waals surface area contributed by atoms with Crippen LogP contribution in [0.25, 0.3) is 0 Å². The first kappa shape index (κ1) is 19.8. The number of hydrogen-bond acceptors (Lipinski definition) is 3. The summed E-state index contributed by atoms with van der Waals surface area (Å²) in [5.74, 6) is 1.45. The Morgan fingerprint density at radius 3 is 2.43 bits per heavy atom.